The summed E-state index contributed by atoms with van der Waals surface area (Å²) in [6.45, 7) is 4.41. The molecule has 1 N–H and O–H groups in total. The highest BCUT2D eigenvalue weighted by Crippen LogP contribution is 2.38. The van der Waals surface area contributed by atoms with Gasteiger partial charge < -0.3 is 24.4 Å². The number of ether oxygens (including phenoxy) is 3. The van der Waals surface area contributed by atoms with E-state index in [1.807, 2.05) is 30.3 Å². The van der Waals surface area contributed by atoms with Gasteiger partial charge in [0, 0.05) is 37.0 Å². The van der Waals surface area contributed by atoms with Crippen molar-refractivity contribution in [3.63, 3.8) is 0 Å². The summed E-state index contributed by atoms with van der Waals surface area (Å²) in [7, 11) is 0. The number of benzene rings is 2. The van der Waals surface area contributed by atoms with Gasteiger partial charge in [-0.15, -0.1) is 0 Å². The molecule has 0 radical (unpaired) electrons. The highest BCUT2D eigenvalue weighted by molar-refractivity contribution is 6.32. The summed E-state index contributed by atoms with van der Waals surface area (Å²) in [5.41, 5.74) is 2.65. The number of anilines is 2. The van der Waals surface area contributed by atoms with E-state index in [-0.39, 0.29) is 5.91 Å². The molecule has 6 nitrogen and oxygen atoms in total. The molecule has 0 spiro atoms. The van der Waals surface area contributed by atoms with E-state index in [1.165, 1.54) is 6.08 Å². The van der Waals surface area contributed by atoms with E-state index in [4.69, 9.17) is 25.8 Å². The van der Waals surface area contributed by atoms with Crippen molar-refractivity contribution in [1.82, 2.24) is 0 Å². The molecule has 4 rings (SSSR count). The predicted molar refractivity (Wildman–Crippen MR) is 114 cm³/mol. The Morgan fingerprint density at radius 3 is 2.59 bits per heavy atom. The first-order chi connectivity index (χ1) is 14.2. The molecule has 2 aliphatic rings. The van der Waals surface area contributed by atoms with E-state index in [2.05, 4.69) is 10.2 Å². The van der Waals surface area contributed by atoms with Crippen molar-refractivity contribution in [3.8, 4) is 11.5 Å². The summed E-state index contributed by atoms with van der Waals surface area (Å²) in [6.07, 6.45) is 3.99. The predicted octanol–water partition coefficient (Wildman–Crippen LogP) is 3.99. The number of hydrogen-bond donors (Lipinski definition) is 1. The van der Waals surface area contributed by atoms with Gasteiger partial charge in [-0.25, -0.2) is 0 Å². The van der Waals surface area contributed by atoms with Crippen molar-refractivity contribution < 1.29 is 19.0 Å². The molecule has 0 aromatic heterocycles. The van der Waals surface area contributed by atoms with E-state index >= 15 is 0 Å². The molecule has 1 fully saturated rings. The van der Waals surface area contributed by atoms with Crippen LogP contribution in [0.4, 0.5) is 11.4 Å². The van der Waals surface area contributed by atoms with Gasteiger partial charge in [0.25, 0.3) is 0 Å². The number of carbonyl (C=O) groups excluding carboxylic acids is 1. The quantitative estimate of drug-likeness (QED) is 0.766. The van der Waals surface area contributed by atoms with E-state index < -0.39 is 0 Å². The number of nitrogens with one attached hydrogen (secondary N) is 1. The topological polar surface area (TPSA) is 60.0 Å². The van der Waals surface area contributed by atoms with Gasteiger partial charge in [-0.1, -0.05) is 11.6 Å². The minimum atomic E-state index is -0.215. The monoisotopic (exact) mass is 414 g/mol. The summed E-state index contributed by atoms with van der Waals surface area (Å²) < 4.78 is 16.7. The average Bonchev–Trinajstić information content (AvgIpc) is 2.99. The molecular weight excluding hydrogens is 392 g/mol. The fourth-order valence-electron chi connectivity index (χ4n) is 3.28. The van der Waals surface area contributed by atoms with Gasteiger partial charge in [0.1, 0.15) is 0 Å². The molecule has 29 heavy (non-hydrogen) atoms. The zero-order chi connectivity index (χ0) is 20.1. The maximum atomic E-state index is 12.3. The Morgan fingerprint density at radius 1 is 1.03 bits per heavy atom. The standard InChI is InChI=1S/C22H23ClN2O4/c23-19-14-16(15-20-22(19)29-11-1-10-28-20)2-7-21(26)24-17-3-5-18(6-4-17)25-8-12-27-13-9-25/h2-7,14-15H,1,8-13H2,(H,24,26)/b7-2+. The molecule has 2 heterocycles. The van der Waals surface area contributed by atoms with Crippen LogP contribution in [0.3, 0.4) is 0 Å². The Labute approximate surface area is 175 Å². The summed E-state index contributed by atoms with van der Waals surface area (Å²) in [5.74, 6) is 0.951. The molecule has 1 saturated heterocycles. The summed E-state index contributed by atoms with van der Waals surface area (Å²) >= 11 is 6.29. The van der Waals surface area contributed by atoms with E-state index in [9.17, 15) is 4.79 Å². The highest BCUT2D eigenvalue weighted by Gasteiger charge is 2.15. The maximum absolute atomic E-state index is 12.3. The first-order valence-electron chi connectivity index (χ1n) is 9.70. The smallest absolute Gasteiger partial charge is 0.248 e. The fraction of sp³-hybridized carbons (Fsp3) is 0.318. The normalized spacial score (nSPS) is 16.5. The number of morpholine rings is 1. The van der Waals surface area contributed by atoms with Crippen molar-refractivity contribution >= 4 is 35.0 Å². The van der Waals surface area contributed by atoms with Crippen LogP contribution in [0, 0.1) is 0 Å². The summed E-state index contributed by atoms with van der Waals surface area (Å²) in [5, 5.41) is 3.35. The lowest BCUT2D eigenvalue weighted by atomic mass is 10.2. The third kappa shape index (κ3) is 5.02. The first-order valence-corrected chi connectivity index (χ1v) is 10.1. The molecule has 0 aliphatic carbocycles. The average molecular weight is 415 g/mol. The Morgan fingerprint density at radius 2 is 1.79 bits per heavy atom. The SMILES string of the molecule is O=C(/C=C/c1cc(Cl)c2c(c1)OCCCO2)Nc1ccc(N2CCOCC2)cc1. The third-order valence-corrected chi connectivity index (χ3v) is 5.04. The second-order valence-corrected chi connectivity index (χ2v) is 7.26. The Hall–Kier alpha value is -2.70. The fourth-order valence-corrected chi connectivity index (χ4v) is 3.55. The second-order valence-electron chi connectivity index (χ2n) is 6.85. The molecule has 0 atom stereocenters. The second kappa shape index (κ2) is 9.20. The van der Waals surface area contributed by atoms with Crippen LogP contribution in [0.15, 0.2) is 42.5 Å². The minimum Gasteiger partial charge on any atom is -0.489 e. The van der Waals surface area contributed by atoms with Crippen LogP contribution in [0.2, 0.25) is 5.02 Å². The van der Waals surface area contributed by atoms with Crippen molar-refractivity contribution in [2.75, 3.05) is 49.7 Å². The lowest BCUT2D eigenvalue weighted by Crippen LogP contribution is -2.36. The van der Waals surface area contributed by atoms with Crippen LogP contribution < -0.4 is 19.7 Å². The number of halogens is 1. The Kier molecular flexibility index (Phi) is 6.22. The molecule has 2 aromatic carbocycles. The molecular formula is C22H23ClN2O4. The number of carbonyl (C=O) groups is 1. The molecule has 0 unspecified atom stereocenters. The number of nitrogens with zero attached hydrogens (tertiary/aromatic N) is 1. The van der Waals surface area contributed by atoms with Gasteiger partial charge >= 0.3 is 0 Å². The lowest BCUT2D eigenvalue weighted by molar-refractivity contribution is -0.111. The number of hydrogen-bond acceptors (Lipinski definition) is 5. The van der Waals surface area contributed by atoms with Crippen molar-refractivity contribution in [3.05, 3.63) is 53.1 Å². The number of rotatable bonds is 4. The molecule has 0 bridgehead atoms. The Balaban J connectivity index is 1.38. The molecule has 2 aromatic rings. The van der Waals surface area contributed by atoms with Crippen LogP contribution in [0.25, 0.3) is 6.08 Å². The zero-order valence-electron chi connectivity index (χ0n) is 16.0. The van der Waals surface area contributed by atoms with Crippen molar-refractivity contribution in [2.45, 2.75) is 6.42 Å². The lowest BCUT2D eigenvalue weighted by Gasteiger charge is -2.28. The molecule has 1 amide bonds. The zero-order valence-corrected chi connectivity index (χ0v) is 16.8. The Bertz CT molecular complexity index is 892. The maximum Gasteiger partial charge on any atom is 0.248 e. The van der Waals surface area contributed by atoms with Gasteiger partial charge in [0.2, 0.25) is 5.91 Å². The molecule has 2 aliphatic heterocycles. The molecule has 152 valence electrons. The van der Waals surface area contributed by atoms with Gasteiger partial charge in [-0.2, -0.15) is 0 Å². The van der Waals surface area contributed by atoms with Gasteiger partial charge in [-0.05, 0) is 48.0 Å². The summed E-state index contributed by atoms with van der Waals surface area (Å²) in [6, 6.07) is 11.4. The van der Waals surface area contributed by atoms with Crippen LogP contribution in [-0.2, 0) is 9.53 Å². The van der Waals surface area contributed by atoms with Crippen LogP contribution >= 0.6 is 11.6 Å². The highest BCUT2D eigenvalue weighted by atomic mass is 35.5. The minimum absolute atomic E-state index is 0.215. The molecule has 7 heteroatoms. The van der Waals surface area contributed by atoms with Crippen molar-refractivity contribution in [2.24, 2.45) is 0 Å². The largest absolute Gasteiger partial charge is 0.489 e. The van der Waals surface area contributed by atoms with Crippen LogP contribution in [0.1, 0.15) is 12.0 Å². The van der Waals surface area contributed by atoms with Gasteiger partial charge in [0.15, 0.2) is 11.5 Å². The van der Waals surface area contributed by atoms with Crippen molar-refractivity contribution in [1.29, 1.82) is 0 Å². The third-order valence-electron chi connectivity index (χ3n) is 4.76. The van der Waals surface area contributed by atoms with Crippen LogP contribution in [-0.4, -0.2) is 45.4 Å². The first kappa shape index (κ1) is 19.6. The molecule has 0 saturated carbocycles. The van der Waals surface area contributed by atoms with E-state index in [0.717, 1.165) is 49.7 Å². The van der Waals surface area contributed by atoms with Crippen LogP contribution in [0.5, 0.6) is 11.5 Å². The van der Waals surface area contributed by atoms with E-state index in [1.54, 1.807) is 12.1 Å². The number of fused-ring (bicyclic) bond motifs is 1. The summed E-state index contributed by atoms with van der Waals surface area (Å²) in [4.78, 5) is 14.6. The van der Waals surface area contributed by atoms with E-state index in [0.29, 0.717) is 29.7 Å². The number of amides is 1. The van der Waals surface area contributed by atoms with Gasteiger partial charge in [0.05, 0.1) is 31.5 Å². The van der Waals surface area contributed by atoms with Gasteiger partial charge in [-0.3, -0.25) is 4.79 Å².